The van der Waals surface area contributed by atoms with Crippen LogP contribution in [0.2, 0.25) is 0 Å². The maximum Gasteiger partial charge on any atom is 0.275 e. The molecule has 3 aromatic rings. The van der Waals surface area contributed by atoms with Gasteiger partial charge in [-0.05, 0) is 43.5 Å². The van der Waals surface area contributed by atoms with Gasteiger partial charge in [-0.15, -0.1) is 5.10 Å². The summed E-state index contributed by atoms with van der Waals surface area (Å²) in [7, 11) is 1.70. The largest absolute Gasteiger partial charge is 0.334 e. The predicted molar refractivity (Wildman–Crippen MR) is 113 cm³/mol. The summed E-state index contributed by atoms with van der Waals surface area (Å²) in [5.74, 6) is 0.556. The summed E-state index contributed by atoms with van der Waals surface area (Å²) < 4.78 is 2.90. The minimum absolute atomic E-state index is 0.0745. The lowest BCUT2D eigenvalue weighted by atomic mass is 9.92. The molecule has 0 atom stereocenters. The smallest absolute Gasteiger partial charge is 0.275 e. The van der Waals surface area contributed by atoms with Crippen LogP contribution >= 0.6 is 0 Å². The Labute approximate surface area is 169 Å². The second-order valence-electron chi connectivity index (χ2n) is 8.49. The van der Waals surface area contributed by atoms with E-state index in [2.05, 4.69) is 36.2 Å². The van der Waals surface area contributed by atoms with Gasteiger partial charge in [-0.1, -0.05) is 20.8 Å². The van der Waals surface area contributed by atoms with Crippen LogP contribution in [0.25, 0.3) is 5.69 Å². The second kappa shape index (κ2) is 6.99. The topological polar surface area (TPSA) is 81.8 Å². The first-order valence-corrected chi connectivity index (χ1v) is 9.80. The third-order valence-electron chi connectivity index (χ3n) is 5.29. The highest BCUT2D eigenvalue weighted by Crippen LogP contribution is 2.27. The van der Waals surface area contributed by atoms with E-state index in [0.29, 0.717) is 23.6 Å². The molecule has 150 valence electrons. The SMILES string of the molecule is Cn1cccc(Nc2nn(-c3ccc(C(C)(C)C)nc3)c(=O)c3c2CCC3)c1=O. The Kier molecular flexibility index (Phi) is 4.61. The van der Waals surface area contributed by atoms with Crippen molar-refractivity contribution < 1.29 is 0 Å². The highest BCUT2D eigenvalue weighted by atomic mass is 16.1. The van der Waals surface area contributed by atoms with Crippen molar-refractivity contribution >= 4 is 11.5 Å². The van der Waals surface area contributed by atoms with Crippen LogP contribution in [0.1, 0.15) is 44.0 Å². The van der Waals surface area contributed by atoms with Gasteiger partial charge in [0.2, 0.25) is 0 Å². The Morgan fingerprint density at radius 1 is 1.03 bits per heavy atom. The summed E-state index contributed by atoms with van der Waals surface area (Å²) in [6.45, 7) is 6.28. The van der Waals surface area contributed by atoms with E-state index in [0.717, 1.165) is 29.7 Å². The Morgan fingerprint density at radius 3 is 2.48 bits per heavy atom. The van der Waals surface area contributed by atoms with E-state index in [1.54, 1.807) is 31.6 Å². The Hall–Kier alpha value is -3.22. The average molecular weight is 391 g/mol. The van der Waals surface area contributed by atoms with Gasteiger partial charge in [0, 0.05) is 35.5 Å². The molecule has 7 nitrogen and oxygen atoms in total. The Morgan fingerprint density at radius 2 is 1.79 bits per heavy atom. The number of pyridine rings is 2. The molecule has 1 aliphatic carbocycles. The molecule has 4 rings (SSSR count). The lowest BCUT2D eigenvalue weighted by molar-refractivity contribution is 0.568. The van der Waals surface area contributed by atoms with Crippen molar-refractivity contribution in [1.82, 2.24) is 19.3 Å². The van der Waals surface area contributed by atoms with Gasteiger partial charge in [0.05, 0.1) is 11.9 Å². The van der Waals surface area contributed by atoms with E-state index in [9.17, 15) is 9.59 Å². The molecule has 0 saturated heterocycles. The van der Waals surface area contributed by atoms with Crippen LogP contribution in [-0.4, -0.2) is 19.3 Å². The molecule has 0 amide bonds. The molecule has 1 N–H and O–H groups in total. The molecule has 0 fully saturated rings. The average Bonchev–Trinajstić information content (AvgIpc) is 3.17. The fourth-order valence-corrected chi connectivity index (χ4v) is 3.63. The number of nitrogens with zero attached hydrogens (tertiary/aromatic N) is 4. The van der Waals surface area contributed by atoms with Gasteiger partial charge in [0.25, 0.3) is 11.1 Å². The van der Waals surface area contributed by atoms with Gasteiger partial charge in [-0.3, -0.25) is 14.6 Å². The van der Waals surface area contributed by atoms with Gasteiger partial charge >= 0.3 is 0 Å². The first-order valence-electron chi connectivity index (χ1n) is 9.80. The predicted octanol–water partition coefficient (Wildman–Crippen LogP) is 2.86. The van der Waals surface area contributed by atoms with Crippen LogP contribution in [0.15, 0.2) is 46.2 Å². The normalized spacial score (nSPS) is 13.4. The van der Waals surface area contributed by atoms with E-state index in [1.165, 1.54) is 9.25 Å². The van der Waals surface area contributed by atoms with Crippen LogP contribution < -0.4 is 16.4 Å². The minimum atomic E-state index is -0.144. The molecular weight excluding hydrogens is 366 g/mol. The van der Waals surface area contributed by atoms with Gasteiger partial charge in [0.1, 0.15) is 5.69 Å². The van der Waals surface area contributed by atoms with Crippen molar-refractivity contribution in [2.45, 2.75) is 45.4 Å². The number of rotatable bonds is 3. The van der Waals surface area contributed by atoms with Gasteiger partial charge in [-0.2, -0.15) is 4.68 Å². The molecule has 0 unspecified atom stereocenters. The van der Waals surface area contributed by atoms with Crippen LogP contribution in [0, 0.1) is 0 Å². The lowest BCUT2D eigenvalue weighted by Gasteiger charge is -2.18. The Balaban J connectivity index is 1.82. The van der Waals surface area contributed by atoms with E-state index in [-0.39, 0.29) is 16.5 Å². The summed E-state index contributed by atoms with van der Waals surface area (Å²) in [5, 5.41) is 7.74. The van der Waals surface area contributed by atoms with Crippen molar-refractivity contribution in [2.75, 3.05) is 5.32 Å². The van der Waals surface area contributed by atoms with Crippen molar-refractivity contribution in [2.24, 2.45) is 7.05 Å². The molecule has 0 radical (unpaired) electrons. The van der Waals surface area contributed by atoms with Gasteiger partial charge in [-0.25, -0.2) is 0 Å². The molecule has 0 aromatic carbocycles. The number of nitrogens with one attached hydrogen (secondary N) is 1. The molecule has 1 aliphatic rings. The molecule has 3 aromatic heterocycles. The molecule has 0 bridgehead atoms. The summed E-state index contributed by atoms with van der Waals surface area (Å²) in [6, 6.07) is 7.32. The van der Waals surface area contributed by atoms with Gasteiger partial charge < -0.3 is 9.88 Å². The highest BCUT2D eigenvalue weighted by molar-refractivity contribution is 5.60. The van der Waals surface area contributed by atoms with E-state index < -0.39 is 0 Å². The molecule has 3 heterocycles. The van der Waals surface area contributed by atoms with Crippen molar-refractivity contribution in [3.8, 4) is 5.69 Å². The van der Waals surface area contributed by atoms with Crippen LogP contribution in [0.4, 0.5) is 11.5 Å². The lowest BCUT2D eigenvalue weighted by Crippen LogP contribution is -2.27. The third-order valence-corrected chi connectivity index (χ3v) is 5.29. The number of fused-ring (bicyclic) bond motifs is 1. The van der Waals surface area contributed by atoms with Crippen molar-refractivity contribution in [3.05, 3.63) is 74.2 Å². The highest BCUT2D eigenvalue weighted by Gasteiger charge is 2.23. The fourth-order valence-electron chi connectivity index (χ4n) is 3.63. The molecule has 7 heteroatoms. The standard InChI is InChI=1S/C22H25N5O2/c1-22(2,3)18-11-10-14(13-23-18)27-20(28)16-8-5-7-15(16)19(25-27)24-17-9-6-12-26(4)21(17)29/h6,9-13H,5,7-8H2,1-4H3,(H,24,25). The molecule has 0 saturated carbocycles. The maximum absolute atomic E-state index is 13.0. The van der Waals surface area contributed by atoms with Crippen LogP contribution in [0.5, 0.6) is 0 Å². The molecule has 0 spiro atoms. The maximum atomic E-state index is 13.0. The number of aryl methyl sites for hydroxylation is 1. The zero-order valence-corrected chi connectivity index (χ0v) is 17.2. The summed E-state index contributed by atoms with van der Waals surface area (Å²) in [6.07, 6.45) is 5.77. The monoisotopic (exact) mass is 391 g/mol. The quantitative estimate of drug-likeness (QED) is 0.742. The Bertz CT molecular complexity index is 1180. The minimum Gasteiger partial charge on any atom is -0.334 e. The fraction of sp³-hybridized carbons (Fsp3) is 0.364. The second-order valence-corrected chi connectivity index (χ2v) is 8.49. The van der Waals surface area contributed by atoms with Crippen LogP contribution in [-0.2, 0) is 25.3 Å². The van der Waals surface area contributed by atoms with Crippen molar-refractivity contribution in [3.63, 3.8) is 0 Å². The zero-order valence-electron chi connectivity index (χ0n) is 17.2. The van der Waals surface area contributed by atoms with E-state index in [4.69, 9.17) is 0 Å². The summed E-state index contributed by atoms with van der Waals surface area (Å²) >= 11 is 0. The van der Waals surface area contributed by atoms with Crippen LogP contribution in [0.3, 0.4) is 0 Å². The molecule has 0 aliphatic heterocycles. The summed E-state index contributed by atoms with van der Waals surface area (Å²) in [4.78, 5) is 30.0. The third kappa shape index (κ3) is 3.48. The van der Waals surface area contributed by atoms with E-state index in [1.807, 2.05) is 12.1 Å². The van der Waals surface area contributed by atoms with Gasteiger partial charge in [0.15, 0.2) is 5.82 Å². The molecular formula is C22H25N5O2. The number of hydrogen-bond acceptors (Lipinski definition) is 5. The summed E-state index contributed by atoms with van der Waals surface area (Å²) in [5.41, 5.74) is 3.32. The number of anilines is 2. The zero-order chi connectivity index (χ0) is 20.8. The first-order chi connectivity index (χ1) is 13.8. The van der Waals surface area contributed by atoms with Crippen molar-refractivity contribution in [1.29, 1.82) is 0 Å². The first kappa shape index (κ1) is 19.1. The number of hydrogen-bond donors (Lipinski definition) is 1. The molecule has 29 heavy (non-hydrogen) atoms. The number of aromatic nitrogens is 4. The van der Waals surface area contributed by atoms with E-state index >= 15 is 0 Å².